The van der Waals surface area contributed by atoms with Gasteiger partial charge >= 0.3 is 5.97 Å². The Labute approximate surface area is 114 Å². The van der Waals surface area contributed by atoms with Crippen LogP contribution in [0.1, 0.15) is 48.7 Å². The van der Waals surface area contributed by atoms with Crippen LogP contribution in [-0.4, -0.2) is 38.8 Å². The van der Waals surface area contributed by atoms with E-state index in [-0.39, 0.29) is 0 Å². The highest BCUT2D eigenvalue weighted by molar-refractivity contribution is 5.88. The topological polar surface area (TPSA) is 58.4 Å². The fourth-order valence-electron chi connectivity index (χ4n) is 2.83. The second-order valence-corrected chi connectivity index (χ2v) is 5.42. The number of rotatable bonds is 4. The average molecular weight is 265 g/mol. The maximum Gasteiger partial charge on any atom is 0.339 e. The summed E-state index contributed by atoms with van der Waals surface area (Å²) in [6.45, 7) is 5.06. The number of hydrogen-bond donors (Lipinski definition) is 1. The Kier molecular flexibility index (Phi) is 4.58. The first kappa shape index (κ1) is 14.1. The first-order chi connectivity index (χ1) is 9.11. The molecule has 1 aromatic rings. The zero-order valence-corrected chi connectivity index (χ0v) is 11.8. The molecule has 1 unspecified atom stereocenters. The van der Waals surface area contributed by atoms with E-state index >= 15 is 0 Å². The molecule has 1 aliphatic heterocycles. The molecule has 1 fully saturated rings. The van der Waals surface area contributed by atoms with Gasteiger partial charge in [-0.1, -0.05) is 13.3 Å². The summed E-state index contributed by atoms with van der Waals surface area (Å²) in [6.07, 6.45) is 6.42. The Morgan fingerprint density at radius 2 is 2.26 bits per heavy atom. The molecule has 5 nitrogen and oxygen atoms in total. The molecule has 0 saturated carbocycles. The van der Waals surface area contributed by atoms with Crippen LogP contribution in [-0.2, 0) is 13.6 Å². The van der Waals surface area contributed by atoms with Gasteiger partial charge in [0.2, 0.25) is 0 Å². The Hall–Kier alpha value is -1.36. The Balaban J connectivity index is 2.05. The molecule has 1 N–H and O–H groups in total. The number of hydrogen-bond acceptors (Lipinski definition) is 3. The predicted octanol–water partition coefficient (Wildman–Crippen LogP) is 2.13. The van der Waals surface area contributed by atoms with E-state index in [2.05, 4.69) is 16.9 Å². The van der Waals surface area contributed by atoms with Gasteiger partial charge in [-0.2, -0.15) is 5.10 Å². The first-order valence-electron chi connectivity index (χ1n) is 7.08. The third kappa shape index (κ3) is 3.35. The summed E-state index contributed by atoms with van der Waals surface area (Å²) in [5, 5.41) is 13.2. The van der Waals surface area contributed by atoms with Gasteiger partial charge < -0.3 is 5.11 Å². The molecular formula is C14H23N3O2. The minimum absolute atomic E-state index is 0.332. The summed E-state index contributed by atoms with van der Waals surface area (Å²) in [5.74, 6) is -0.0557. The van der Waals surface area contributed by atoms with Crippen molar-refractivity contribution < 1.29 is 9.90 Å². The Morgan fingerprint density at radius 1 is 1.47 bits per heavy atom. The molecule has 2 rings (SSSR count). The number of nitrogens with zero attached hydrogens (tertiary/aromatic N) is 3. The number of likely N-dealkylation sites (tertiary alicyclic amines) is 1. The van der Waals surface area contributed by atoms with Crippen molar-refractivity contribution in [1.82, 2.24) is 14.7 Å². The normalized spacial score (nSPS) is 21.3. The maximum absolute atomic E-state index is 11.2. The molecule has 0 bridgehead atoms. The Bertz CT molecular complexity index is 442. The monoisotopic (exact) mass is 265 g/mol. The third-order valence-electron chi connectivity index (χ3n) is 4.18. The lowest BCUT2D eigenvalue weighted by Crippen LogP contribution is -2.26. The average Bonchev–Trinajstić information content (AvgIpc) is 2.62. The van der Waals surface area contributed by atoms with E-state index in [1.165, 1.54) is 31.9 Å². The maximum atomic E-state index is 11.2. The van der Waals surface area contributed by atoms with Crippen molar-refractivity contribution in [1.29, 1.82) is 0 Å². The molecule has 1 saturated heterocycles. The van der Waals surface area contributed by atoms with Crippen LogP contribution in [0.25, 0.3) is 0 Å². The molecule has 106 valence electrons. The number of carbonyl (C=O) groups is 1. The van der Waals surface area contributed by atoms with Gasteiger partial charge in [0.1, 0.15) is 5.56 Å². The fourth-order valence-corrected chi connectivity index (χ4v) is 2.83. The molecular weight excluding hydrogens is 242 g/mol. The highest BCUT2D eigenvalue weighted by Gasteiger charge is 2.20. The van der Waals surface area contributed by atoms with Crippen LogP contribution in [0.15, 0.2) is 6.20 Å². The summed E-state index contributed by atoms with van der Waals surface area (Å²) in [5.41, 5.74) is 1.14. The van der Waals surface area contributed by atoms with E-state index in [1.807, 2.05) is 7.05 Å². The van der Waals surface area contributed by atoms with Crippen LogP contribution < -0.4 is 0 Å². The van der Waals surface area contributed by atoms with E-state index in [1.54, 1.807) is 4.68 Å². The minimum atomic E-state index is -0.885. The second-order valence-electron chi connectivity index (χ2n) is 5.42. The molecule has 0 radical (unpaired) electrons. The predicted molar refractivity (Wildman–Crippen MR) is 73.1 cm³/mol. The van der Waals surface area contributed by atoms with Crippen molar-refractivity contribution in [2.24, 2.45) is 13.0 Å². The van der Waals surface area contributed by atoms with E-state index in [9.17, 15) is 9.90 Å². The van der Waals surface area contributed by atoms with E-state index in [0.29, 0.717) is 12.1 Å². The molecule has 0 amide bonds. The van der Waals surface area contributed by atoms with Crippen molar-refractivity contribution in [3.05, 3.63) is 17.5 Å². The van der Waals surface area contributed by atoms with Gasteiger partial charge in [-0.15, -0.1) is 0 Å². The smallest absolute Gasteiger partial charge is 0.339 e. The van der Waals surface area contributed by atoms with Gasteiger partial charge in [0.15, 0.2) is 0 Å². The van der Waals surface area contributed by atoms with Crippen LogP contribution in [0, 0.1) is 5.92 Å². The van der Waals surface area contributed by atoms with Gasteiger partial charge in [0.05, 0.1) is 11.9 Å². The van der Waals surface area contributed by atoms with Crippen LogP contribution in [0.2, 0.25) is 0 Å². The fraction of sp³-hybridized carbons (Fsp3) is 0.714. The molecule has 0 aliphatic carbocycles. The number of aromatic nitrogens is 2. The van der Waals surface area contributed by atoms with Crippen molar-refractivity contribution in [2.75, 3.05) is 13.1 Å². The van der Waals surface area contributed by atoms with Gasteiger partial charge in [-0.25, -0.2) is 4.79 Å². The van der Waals surface area contributed by atoms with Crippen LogP contribution in [0.3, 0.4) is 0 Å². The summed E-state index contributed by atoms with van der Waals surface area (Å²) < 4.78 is 1.69. The quantitative estimate of drug-likeness (QED) is 0.906. The summed E-state index contributed by atoms with van der Waals surface area (Å²) in [6, 6.07) is 0. The zero-order chi connectivity index (χ0) is 13.8. The molecule has 2 heterocycles. The van der Waals surface area contributed by atoms with Gasteiger partial charge in [-0.3, -0.25) is 9.58 Å². The van der Waals surface area contributed by atoms with Crippen molar-refractivity contribution in [3.8, 4) is 0 Å². The van der Waals surface area contributed by atoms with Crippen LogP contribution >= 0.6 is 0 Å². The zero-order valence-electron chi connectivity index (χ0n) is 11.8. The highest BCUT2D eigenvalue weighted by Crippen LogP contribution is 2.22. The second kappa shape index (κ2) is 6.19. The lowest BCUT2D eigenvalue weighted by Gasteiger charge is -2.20. The molecule has 1 atom stereocenters. The lowest BCUT2D eigenvalue weighted by molar-refractivity contribution is 0.0694. The molecule has 1 aromatic heterocycles. The van der Waals surface area contributed by atoms with Crippen molar-refractivity contribution >= 4 is 5.97 Å². The number of carboxylic acids is 1. The standard InChI is InChI=1S/C14H23N3O2/c1-3-11-5-4-7-17(8-6-11)10-13-12(14(18)19)9-15-16(13)2/h9,11H,3-8,10H2,1-2H3,(H,18,19). The van der Waals surface area contributed by atoms with E-state index in [4.69, 9.17) is 0 Å². The molecule has 5 heteroatoms. The SMILES string of the molecule is CCC1CCCN(Cc2c(C(=O)O)cnn2C)CC1. The highest BCUT2D eigenvalue weighted by atomic mass is 16.4. The Morgan fingerprint density at radius 3 is 2.95 bits per heavy atom. The van der Waals surface area contributed by atoms with Crippen LogP contribution in [0.5, 0.6) is 0 Å². The van der Waals surface area contributed by atoms with Gasteiger partial charge in [0, 0.05) is 13.6 Å². The lowest BCUT2D eigenvalue weighted by atomic mass is 9.98. The number of aryl methyl sites for hydroxylation is 1. The summed E-state index contributed by atoms with van der Waals surface area (Å²) in [7, 11) is 1.81. The molecule has 0 aromatic carbocycles. The largest absolute Gasteiger partial charge is 0.478 e. The first-order valence-corrected chi connectivity index (χ1v) is 7.08. The summed E-state index contributed by atoms with van der Waals surface area (Å²) in [4.78, 5) is 13.5. The van der Waals surface area contributed by atoms with Crippen molar-refractivity contribution in [2.45, 2.75) is 39.2 Å². The molecule has 19 heavy (non-hydrogen) atoms. The number of carboxylic acid groups (broad SMARTS) is 1. The minimum Gasteiger partial charge on any atom is -0.478 e. The van der Waals surface area contributed by atoms with Gasteiger partial charge in [-0.05, 0) is 38.3 Å². The van der Waals surface area contributed by atoms with E-state index < -0.39 is 5.97 Å². The molecule has 1 aliphatic rings. The molecule has 0 spiro atoms. The van der Waals surface area contributed by atoms with E-state index in [0.717, 1.165) is 24.7 Å². The third-order valence-corrected chi connectivity index (χ3v) is 4.18. The van der Waals surface area contributed by atoms with Crippen LogP contribution in [0.4, 0.5) is 0 Å². The van der Waals surface area contributed by atoms with Gasteiger partial charge in [0.25, 0.3) is 0 Å². The van der Waals surface area contributed by atoms with Crippen molar-refractivity contribution in [3.63, 3.8) is 0 Å². The number of aromatic carboxylic acids is 1. The summed E-state index contributed by atoms with van der Waals surface area (Å²) >= 11 is 0.